The lowest BCUT2D eigenvalue weighted by Gasteiger charge is -2.31. The molecule has 1 aliphatic rings. The van der Waals surface area contributed by atoms with Crippen molar-refractivity contribution in [2.24, 2.45) is 0 Å². The van der Waals surface area contributed by atoms with Crippen LogP contribution in [0.1, 0.15) is 28.8 Å². The number of H-pyrrole nitrogens is 1. The number of hydrogen-bond donors (Lipinski definition) is 3. The molecule has 7 nitrogen and oxygen atoms in total. The number of alkyl halides is 2. The minimum atomic E-state index is -4.19. The fourth-order valence-corrected chi connectivity index (χ4v) is 7.60. The van der Waals surface area contributed by atoms with Crippen LogP contribution in [0.3, 0.4) is 0 Å². The minimum Gasteiger partial charge on any atom is -0.478 e. The first-order valence-electron chi connectivity index (χ1n) is 12.2. The first kappa shape index (κ1) is 28.7. The molecule has 1 aromatic heterocycles. The van der Waals surface area contributed by atoms with E-state index < -0.39 is 28.4 Å². The molecule has 0 aliphatic carbocycles. The molecule has 1 aliphatic heterocycles. The van der Waals surface area contributed by atoms with E-state index in [0.29, 0.717) is 14.7 Å². The number of halogens is 3. The Bertz CT molecular complexity index is 1530. The molecule has 0 spiro atoms. The van der Waals surface area contributed by atoms with Gasteiger partial charge in [-0.05, 0) is 83.7 Å². The van der Waals surface area contributed by atoms with Crippen molar-refractivity contribution < 1.29 is 32.4 Å². The van der Waals surface area contributed by atoms with Gasteiger partial charge in [0.15, 0.2) is 0 Å². The largest absolute Gasteiger partial charge is 0.478 e. The van der Waals surface area contributed by atoms with Crippen molar-refractivity contribution in [3.8, 4) is 0 Å². The Morgan fingerprint density at radius 3 is 2.55 bits per heavy atom. The van der Waals surface area contributed by atoms with Crippen molar-refractivity contribution in [1.82, 2.24) is 14.0 Å². The number of carbonyl (C=O) groups is 1. The van der Waals surface area contributed by atoms with Crippen LogP contribution in [0.15, 0.2) is 92.5 Å². The van der Waals surface area contributed by atoms with E-state index in [4.69, 9.17) is 0 Å². The lowest BCUT2D eigenvalue weighted by molar-refractivity contribution is -0.363. The first-order chi connectivity index (χ1) is 19.3. The number of hydrogen-bond acceptors (Lipinski definition) is 7. The number of aromatic nitrogens is 1. The summed E-state index contributed by atoms with van der Waals surface area (Å²) in [5.41, 5.74) is -0.217. The highest BCUT2D eigenvalue weighted by Gasteiger charge is 2.38. The van der Waals surface area contributed by atoms with Crippen molar-refractivity contribution in [2.45, 2.75) is 44.6 Å². The molecular formula is C27H24F3N3O4S3. The molecule has 13 heteroatoms. The SMILES string of the molecule is O=C(O)c1cccc(SN2CCC(NSc3c[nH]c4c(S(=O)c5ccccc5)ccc(C(F)(F)OF)c34)CC2)c1. The summed E-state index contributed by atoms with van der Waals surface area (Å²) in [4.78, 5) is 19.3. The van der Waals surface area contributed by atoms with Gasteiger partial charge in [-0.3, -0.25) is 4.72 Å². The van der Waals surface area contributed by atoms with Gasteiger partial charge >= 0.3 is 12.1 Å². The lowest BCUT2D eigenvalue weighted by Crippen LogP contribution is -2.37. The van der Waals surface area contributed by atoms with Gasteiger partial charge in [-0.1, -0.05) is 24.3 Å². The fourth-order valence-electron chi connectivity index (χ4n) is 4.43. The maximum atomic E-state index is 14.5. The van der Waals surface area contributed by atoms with Crippen molar-refractivity contribution in [2.75, 3.05) is 13.1 Å². The van der Waals surface area contributed by atoms with Crippen LogP contribution in [0.5, 0.6) is 0 Å². The zero-order chi connectivity index (χ0) is 28.3. The molecule has 1 unspecified atom stereocenters. The van der Waals surface area contributed by atoms with E-state index in [2.05, 4.69) is 19.0 Å². The van der Waals surface area contributed by atoms with E-state index in [9.17, 15) is 27.4 Å². The topological polar surface area (TPSA) is 94.7 Å². The monoisotopic (exact) mass is 607 g/mol. The van der Waals surface area contributed by atoms with Crippen molar-refractivity contribution in [3.63, 3.8) is 0 Å². The molecule has 0 bridgehead atoms. The van der Waals surface area contributed by atoms with Gasteiger partial charge in [-0.2, -0.15) is 8.78 Å². The molecule has 3 aromatic carbocycles. The number of nitrogens with one attached hydrogen (secondary N) is 2. The average molecular weight is 608 g/mol. The van der Waals surface area contributed by atoms with Crippen LogP contribution in [-0.2, 0) is 21.8 Å². The van der Waals surface area contributed by atoms with Gasteiger partial charge in [0.2, 0.25) is 0 Å². The number of rotatable bonds is 10. The second-order valence-corrected chi connectivity index (χ2v) is 12.5. The van der Waals surface area contributed by atoms with Gasteiger partial charge in [0.05, 0.1) is 32.3 Å². The fraction of sp³-hybridized carbons (Fsp3) is 0.222. The third kappa shape index (κ3) is 6.24. The molecule has 4 aromatic rings. The van der Waals surface area contributed by atoms with Crippen LogP contribution in [0, 0.1) is 0 Å². The highest BCUT2D eigenvalue weighted by molar-refractivity contribution is 7.97. The van der Waals surface area contributed by atoms with E-state index in [1.165, 1.54) is 24.2 Å². The summed E-state index contributed by atoms with van der Waals surface area (Å²) in [5, 5.41) is 9.24. The first-order valence-corrected chi connectivity index (χ1v) is 15.0. The van der Waals surface area contributed by atoms with Crippen molar-refractivity contribution in [1.29, 1.82) is 0 Å². The minimum absolute atomic E-state index is 0.0354. The van der Waals surface area contributed by atoms with Gasteiger partial charge in [-0.25, -0.2) is 13.3 Å². The number of carboxylic acids is 1. The number of benzene rings is 3. The standard InChI is InChI=1S/C27H24F3N3O4S3/c28-27(29,37-30)21-9-10-23(40(36)20-7-2-1-3-8-20)25-24(21)22(16-31-25)38-32-18-11-13-33(14-12-18)39-19-6-4-5-17(15-19)26(34)35/h1-10,15-16,18,31-32H,11-14H2,(H,34,35). The summed E-state index contributed by atoms with van der Waals surface area (Å²) in [6.45, 7) is 1.46. The zero-order valence-corrected chi connectivity index (χ0v) is 23.3. The van der Waals surface area contributed by atoms with Gasteiger partial charge in [0, 0.05) is 45.4 Å². The van der Waals surface area contributed by atoms with Crippen LogP contribution < -0.4 is 4.72 Å². The second kappa shape index (κ2) is 12.4. The number of carboxylic acid groups (broad SMARTS) is 1. The van der Waals surface area contributed by atoms with Gasteiger partial charge in [-0.15, -0.1) is 4.94 Å². The Kier molecular flexibility index (Phi) is 8.88. The number of fused-ring (bicyclic) bond motifs is 1. The van der Waals surface area contributed by atoms with Gasteiger partial charge in [0.25, 0.3) is 0 Å². The number of aromatic amines is 1. The molecule has 0 radical (unpaired) electrons. The van der Waals surface area contributed by atoms with Crippen molar-refractivity contribution in [3.05, 3.63) is 84.1 Å². The number of aromatic carboxylic acids is 1. The Labute approximate surface area is 239 Å². The van der Waals surface area contributed by atoms with E-state index in [0.717, 1.165) is 48.8 Å². The van der Waals surface area contributed by atoms with Gasteiger partial charge < -0.3 is 10.1 Å². The van der Waals surface area contributed by atoms with Crippen LogP contribution in [0.4, 0.5) is 13.3 Å². The molecule has 0 saturated carbocycles. The summed E-state index contributed by atoms with van der Waals surface area (Å²) in [5.74, 6) is -0.975. The molecule has 1 atom stereocenters. The van der Waals surface area contributed by atoms with E-state index in [-0.39, 0.29) is 22.5 Å². The summed E-state index contributed by atoms with van der Waals surface area (Å²) in [6.07, 6.45) is -1.13. The van der Waals surface area contributed by atoms with E-state index in [1.807, 2.05) is 6.07 Å². The van der Waals surface area contributed by atoms with Crippen LogP contribution >= 0.6 is 23.9 Å². The molecule has 3 N–H and O–H groups in total. The van der Waals surface area contributed by atoms with Crippen LogP contribution in [-0.4, -0.2) is 43.7 Å². The Morgan fingerprint density at radius 1 is 1.10 bits per heavy atom. The third-order valence-electron chi connectivity index (χ3n) is 6.43. The molecule has 1 saturated heterocycles. The number of nitrogens with zero attached hydrogens (tertiary/aromatic N) is 1. The quantitative estimate of drug-likeness (QED) is 0.171. The Hall–Kier alpha value is -2.81. The van der Waals surface area contributed by atoms with E-state index >= 15 is 0 Å². The molecule has 2 heterocycles. The molecule has 40 heavy (non-hydrogen) atoms. The summed E-state index contributed by atoms with van der Waals surface area (Å²) < 4.78 is 60.6. The normalized spacial score (nSPS) is 15.9. The lowest BCUT2D eigenvalue weighted by atomic mass is 10.1. The van der Waals surface area contributed by atoms with E-state index in [1.54, 1.807) is 48.5 Å². The summed E-state index contributed by atoms with van der Waals surface area (Å²) in [7, 11) is -1.66. The molecule has 0 amide bonds. The maximum Gasteiger partial charge on any atom is 0.413 e. The van der Waals surface area contributed by atoms with Crippen molar-refractivity contribution >= 4 is 51.6 Å². The average Bonchev–Trinajstić information content (AvgIpc) is 3.40. The smallest absolute Gasteiger partial charge is 0.413 e. The molecule has 210 valence electrons. The molecular weight excluding hydrogens is 584 g/mol. The highest BCUT2D eigenvalue weighted by Crippen LogP contribution is 2.41. The van der Waals surface area contributed by atoms with Crippen LogP contribution in [0.25, 0.3) is 10.9 Å². The highest BCUT2D eigenvalue weighted by atomic mass is 32.2. The Morgan fingerprint density at radius 2 is 1.85 bits per heavy atom. The predicted molar refractivity (Wildman–Crippen MR) is 148 cm³/mol. The van der Waals surface area contributed by atoms with Gasteiger partial charge in [0.1, 0.15) is 0 Å². The summed E-state index contributed by atoms with van der Waals surface area (Å²) in [6, 6.07) is 17.8. The zero-order valence-electron chi connectivity index (χ0n) is 20.8. The molecule has 5 rings (SSSR count). The Balaban J connectivity index is 1.30. The maximum absolute atomic E-state index is 14.5. The molecule has 1 fully saturated rings. The summed E-state index contributed by atoms with van der Waals surface area (Å²) >= 11 is 2.64. The second-order valence-electron chi connectivity index (χ2n) is 9.04. The third-order valence-corrected chi connectivity index (χ3v) is 9.95. The number of piperidine rings is 1. The van der Waals surface area contributed by atoms with Crippen LogP contribution in [0.2, 0.25) is 0 Å². The predicted octanol–water partition coefficient (Wildman–Crippen LogP) is 6.75.